The lowest BCUT2D eigenvalue weighted by Gasteiger charge is -2.23. The summed E-state index contributed by atoms with van der Waals surface area (Å²) in [6, 6.07) is 14.9. The molecule has 4 atom stereocenters. The van der Waals surface area contributed by atoms with E-state index < -0.39 is 23.3 Å². The van der Waals surface area contributed by atoms with Gasteiger partial charge in [0.15, 0.2) is 11.2 Å². The van der Waals surface area contributed by atoms with Gasteiger partial charge in [0, 0.05) is 43.8 Å². The quantitative estimate of drug-likeness (QED) is 0.399. The zero-order chi connectivity index (χ0) is 28.1. The van der Waals surface area contributed by atoms with Crippen molar-refractivity contribution in [3.63, 3.8) is 0 Å². The number of unbranched alkanes of at least 4 members (excludes halogenated alkanes) is 1. The van der Waals surface area contributed by atoms with Crippen molar-refractivity contribution in [3.05, 3.63) is 66.0 Å². The van der Waals surface area contributed by atoms with Crippen LogP contribution in [0, 0.1) is 18.7 Å². The first kappa shape index (κ1) is 31.6. The Balaban J connectivity index is 0.000000624. The minimum atomic E-state index is -1.30. The van der Waals surface area contributed by atoms with E-state index in [0.29, 0.717) is 25.2 Å². The highest BCUT2D eigenvalue weighted by Gasteiger charge is 2.34. The molecule has 2 aromatic rings. The van der Waals surface area contributed by atoms with E-state index in [1.54, 1.807) is 18.2 Å². The van der Waals surface area contributed by atoms with Gasteiger partial charge in [0.2, 0.25) is 11.8 Å². The van der Waals surface area contributed by atoms with Crippen LogP contribution in [-0.4, -0.2) is 62.9 Å². The van der Waals surface area contributed by atoms with Crippen LogP contribution < -0.4 is 16.4 Å². The third kappa shape index (κ3) is 10.6. The smallest absolute Gasteiger partial charge is 0.238 e. The summed E-state index contributed by atoms with van der Waals surface area (Å²) in [5.41, 5.74) is 7.94. The van der Waals surface area contributed by atoms with Crippen molar-refractivity contribution >= 4 is 28.7 Å². The van der Waals surface area contributed by atoms with E-state index in [9.17, 15) is 18.2 Å². The highest BCUT2D eigenvalue weighted by Crippen LogP contribution is 2.17. The van der Waals surface area contributed by atoms with Crippen molar-refractivity contribution in [1.82, 2.24) is 13.9 Å². The second kappa shape index (κ2) is 16.3. The van der Waals surface area contributed by atoms with Gasteiger partial charge in [0.25, 0.3) is 0 Å². The van der Waals surface area contributed by atoms with Crippen molar-refractivity contribution in [1.29, 1.82) is 0 Å². The van der Waals surface area contributed by atoms with Crippen LogP contribution in [-0.2, 0) is 20.8 Å². The van der Waals surface area contributed by atoms with E-state index in [1.807, 2.05) is 22.5 Å². The Kier molecular flexibility index (Phi) is 13.6. The molecule has 0 aromatic heterocycles. The molecule has 3 rings (SSSR count). The summed E-state index contributed by atoms with van der Waals surface area (Å²) in [5.74, 6) is -1.21. The molecule has 3 unspecified atom stereocenters. The van der Waals surface area contributed by atoms with Gasteiger partial charge in [0.05, 0.1) is 6.04 Å². The lowest BCUT2D eigenvalue weighted by atomic mass is 10.0. The fraction of sp³-hybridized carbons (Fsp3) is 0.500. The number of hydrogen-bond donors (Lipinski definition) is 3. The van der Waals surface area contributed by atoms with Gasteiger partial charge >= 0.3 is 0 Å². The van der Waals surface area contributed by atoms with E-state index >= 15 is 0 Å². The fourth-order valence-corrected chi connectivity index (χ4v) is 5.28. The van der Waals surface area contributed by atoms with Crippen LogP contribution in [0.2, 0.25) is 0 Å². The molecule has 38 heavy (non-hydrogen) atoms. The standard InChI is InChI=1S/C21H34FN5O3S.C7H8/c1-4-5-10-26-11-12-27(31(26)30)16(3)21(29)24-14-18(23)13-15(2)20(28)25-19-8-6-17(22)7-9-19;1-7-5-3-2-4-6-7/h6-9,15-16,18H,4-5,10-14,23H2,1-3H3,(H,24,29)(H,25,28);2-6H,1H3/t15?,16-,18?,31?;/m1./s1. The molecule has 1 fully saturated rings. The number of carbonyl (C=O) groups excluding carboxylic acids is 2. The molecular weight excluding hydrogens is 505 g/mol. The number of hydrogen-bond acceptors (Lipinski definition) is 4. The second-order valence-corrected chi connectivity index (χ2v) is 11.1. The third-order valence-corrected chi connectivity index (χ3v) is 7.97. The first-order valence-electron chi connectivity index (χ1n) is 13.2. The van der Waals surface area contributed by atoms with E-state index in [4.69, 9.17) is 5.73 Å². The minimum Gasteiger partial charge on any atom is -0.353 e. The molecule has 2 amide bonds. The lowest BCUT2D eigenvalue weighted by Crippen LogP contribution is -2.48. The number of nitrogens with two attached hydrogens (primary N) is 1. The third-order valence-electron chi connectivity index (χ3n) is 6.26. The van der Waals surface area contributed by atoms with Crippen molar-refractivity contribution in [2.45, 2.75) is 59.0 Å². The van der Waals surface area contributed by atoms with E-state index in [0.717, 1.165) is 19.4 Å². The Morgan fingerprint density at radius 1 is 1.05 bits per heavy atom. The van der Waals surface area contributed by atoms with Crippen LogP contribution in [0.15, 0.2) is 54.6 Å². The van der Waals surface area contributed by atoms with Crippen LogP contribution in [0.5, 0.6) is 0 Å². The predicted molar refractivity (Wildman–Crippen MR) is 152 cm³/mol. The maximum Gasteiger partial charge on any atom is 0.238 e. The zero-order valence-electron chi connectivity index (χ0n) is 22.9. The number of amides is 2. The molecule has 210 valence electrons. The molecule has 1 saturated heterocycles. The highest BCUT2D eigenvalue weighted by molar-refractivity contribution is 7.80. The van der Waals surface area contributed by atoms with Crippen LogP contribution >= 0.6 is 0 Å². The summed E-state index contributed by atoms with van der Waals surface area (Å²) >= 11 is -1.30. The van der Waals surface area contributed by atoms with Gasteiger partial charge in [-0.2, -0.15) is 4.31 Å². The van der Waals surface area contributed by atoms with E-state index in [2.05, 4.69) is 36.6 Å². The maximum absolute atomic E-state index is 13.0. The van der Waals surface area contributed by atoms with Gasteiger partial charge in [-0.25, -0.2) is 12.9 Å². The Morgan fingerprint density at radius 2 is 1.71 bits per heavy atom. The highest BCUT2D eigenvalue weighted by atomic mass is 32.2. The van der Waals surface area contributed by atoms with Crippen molar-refractivity contribution < 1.29 is 18.2 Å². The molecule has 4 N–H and O–H groups in total. The average Bonchev–Trinajstić information content (AvgIpc) is 3.27. The maximum atomic E-state index is 13.0. The average molecular weight is 548 g/mol. The predicted octanol–water partition coefficient (Wildman–Crippen LogP) is 3.61. The molecule has 1 aliphatic heterocycles. The van der Waals surface area contributed by atoms with Gasteiger partial charge < -0.3 is 16.4 Å². The van der Waals surface area contributed by atoms with E-state index in [-0.39, 0.29) is 30.1 Å². The lowest BCUT2D eigenvalue weighted by molar-refractivity contribution is -0.124. The fourth-order valence-electron chi connectivity index (χ4n) is 3.86. The summed E-state index contributed by atoms with van der Waals surface area (Å²) in [6.07, 6.45) is 2.38. The number of benzene rings is 2. The summed E-state index contributed by atoms with van der Waals surface area (Å²) in [6.45, 7) is 9.90. The topological polar surface area (TPSA) is 108 Å². The van der Waals surface area contributed by atoms with Gasteiger partial charge in [-0.15, -0.1) is 0 Å². The summed E-state index contributed by atoms with van der Waals surface area (Å²) < 4.78 is 29.1. The zero-order valence-corrected chi connectivity index (χ0v) is 23.7. The van der Waals surface area contributed by atoms with Gasteiger partial charge in [-0.05, 0) is 51.0 Å². The van der Waals surface area contributed by atoms with Crippen LogP contribution in [0.4, 0.5) is 10.1 Å². The Morgan fingerprint density at radius 3 is 2.29 bits per heavy atom. The number of anilines is 1. The molecular formula is C28H42FN5O3S. The summed E-state index contributed by atoms with van der Waals surface area (Å²) in [7, 11) is 0. The molecule has 8 nitrogen and oxygen atoms in total. The molecule has 2 aromatic carbocycles. The molecule has 0 spiro atoms. The largest absolute Gasteiger partial charge is 0.353 e. The van der Waals surface area contributed by atoms with Gasteiger partial charge in [-0.1, -0.05) is 56.2 Å². The molecule has 10 heteroatoms. The first-order valence-corrected chi connectivity index (χ1v) is 14.2. The number of halogens is 1. The number of carbonyl (C=O) groups is 2. The van der Waals surface area contributed by atoms with Crippen LogP contribution in [0.25, 0.3) is 0 Å². The van der Waals surface area contributed by atoms with Gasteiger partial charge in [0.1, 0.15) is 5.82 Å². The first-order chi connectivity index (χ1) is 18.1. The Bertz CT molecular complexity index is 1020. The van der Waals surface area contributed by atoms with Crippen molar-refractivity contribution in [3.8, 4) is 0 Å². The molecule has 1 aliphatic rings. The van der Waals surface area contributed by atoms with Gasteiger partial charge in [-0.3, -0.25) is 9.59 Å². The normalized spacial score (nSPS) is 18.1. The monoisotopic (exact) mass is 547 g/mol. The molecule has 0 bridgehead atoms. The number of nitrogens with zero attached hydrogens (tertiary/aromatic N) is 2. The van der Waals surface area contributed by atoms with E-state index in [1.165, 1.54) is 29.8 Å². The number of nitrogens with one attached hydrogen (secondary N) is 2. The molecule has 0 radical (unpaired) electrons. The molecule has 0 saturated carbocycles. The summed E-state index contributed by atoms with van der Waals surface area (Å²) in [5, 5.41) is 5.53. The summed E-state index contributed by atoms with van der Waals surface area (Å²) in [4.78, 5) is 24.8. The number of rotatable bonds is 11. The molecule has 1 heterocycles. The van der Waals surface area contributed by atoms with Crippen LogP contribution in [0.1, 0.15) is 45.6 Å². The van der Waals surface area contributed by atoms with Crippen molar-refractivity contribution in [2.75, 3.05) is 31.5 Å². The second-order valence-electron chi connectivity index (χ2n) is 9.62. The Labute approximate surface area is 228 Å². The SMILES string of the molecule is CCCCN1CCN([C@H](C)C(=O)NCC(N)CC(C)C(=O)Nc2ccc(F)cc2)S1=O.Cc1ccccc1. The van der Waals surface area contributed by atoms with Crippen molar-refractivity contribution in [2.24, 2.45) is 11.7 Å². The Hall–Kier alpha value is -2.66. The minimum absolute atomic E-state index is 0.220. The molecule has 0 aliphatic carbocycles. The number of aryl methyl sites for hydroxylation is 1. The van der Waals surface area contributed by atoms with Crippen LogP contribution in [0.3, 0.4) is 0 Å².